The van der Waals surface area contributed by atoms with E-state index >= 15 is 0 Å². The summed E-state index contributed by atoms with van der Waals surface area (Å²) in [5.41, 5.74) is 0.686. The molecule has 8 heteroatoms. The third-order valence-corrected chi connectivity index (χ3v) is 6.38. The maximum atomic E-state index is 13.3. The number of nitrogens with zero attached hydrogens (tertiary/aromatic N) is 2. The summed E-state index contributed by atoms with van der Waals surface area (Å²) >= 11 is 0. The van der Waals surface area contributed by atoms with Crippen LogP contribution < -0.4 is 0 Å². The molecule has 0 radical (unpaired) electrons. The highest BCUT2D eigenvalue weighted by Gasteiger charge is 2.34. The molecule has 1 aromatic rings. The Bertz CT molecular complexity index is 767. The highest BCUT2D eigenvalue weighted by molar-refractivity contribution is 7.91. The van der Waals surface area contributed by atoms with E-state index in [9.17, 15) is 22.4 Å². The summed E-state index contributed by atoms with van der Waals surface area (Å²) in [4.78, 5) is 28.0. The van der Waals surface area contributed by atoms with Crippen LogP contribution in [0, 0.1) is 11.7 Å². The fourth-order valence-electron chi connectivity index (χ4n) is 3.32. The molecule has 2 fully saturated rings. The minimum Gasteiger partial charge on any atom is -0.340 e. The fourth-order valence-corrected chi connectivity index (χ4v) is 4.52. The van der Waals surface area contributed by atoms with E-state index in [1.165, 1.54) is 12.1 Å². The Labute approximate surface area is 146 Å². The first-order valence-electron chi connectivity index (χ1n) is 8.35. The van der Waals surface area contributed by atoms with Crippen molar-refractivity contribution in [2.75, 3.05) is 31.1 Å². The Morgan fingerprint density at radius 3 is 2.64 bits per heavy atom. The van der Waals surface area contributed by atoms with E-state index in [1.807, 2.05) is 0 Å². The number of rotatable bonds is 3. The van der Waals surface area contributed by atoms with Crippen molar-refractivity contribution in [3.63, 3.8) is 0 Å². The Kier molecular flexibility index (Phi) is 5.08. The van der Waals surface area contributed by atoms with Crippen molar-refractivity contribution in [3.05, 3.63) is 35.6 Å². The van der Waals surface area contributed by atoms with Crippen molar-refractivity contribution < 1.29 is 22.4 Å². The summed E-state index contributed by atoms with van der Waals surface area (Å²) in [6.45, 7) is 0.997. The molecule has 2 heterocycles. The van der Waals surface area contributed by atoms with Gasteiger partial charge in [-0.2, -0.15) is 0 Å². The van der Waals surface area contributed by atoms with Crippen molar-refractivity contribution in [3.8, 4) is 0 Å². The zero-order valence-electron chi connectivity index (χ0n) is 13.9. The van der Waals surface area contributed by atoms with Gasteiger partial charge in [-0.3, -0.25) is 9.59 Å². The summed E-state index contributed by atoms with van der Waals surface area (Å²) in [6, 6.07) is 6.07. The summed E-state index contributed by atoms with van der Waals surface area (Å²) in [5, 5.41) is 0. The maximum Gasteiger partial charge on any atom is 0.227 e. The van der Waals surface area contributed by atoms with Gasteiger partial charge in [0.05, 0.1) is 17.4 Å². The van der Waals surface area contributed by atoms with Gasteiger partial charge in [0.15, 0.2) is 9.84 Å². The van der Waals surface area contributed by atoms with Crippen LogP contribution in [0.4, 0.5) is 4.39 Å². The minimum absolute atomic E-state index is 0.00258. The number of piperidine rings is 1. The van der Waals surface area contributed by atoms with Gasteiger partial charge in [-0.1, -0.05) is 12.1 Å². The molecule has 3 rings (SSSR count). The molecule has 0 bridgehead atoms. The molecule has 0 spiro atoms. The van der Waals surface area contributed by atoms with E-state index in [4.69, 9.17) is 0 Å². The van der Waals surface area contributed by atoms with Gasteiger partial charge in [-0.05, 0) is 24.1 Å². The van der Waals surface area contributed by atoms with Crippen LogP contribution in [-0.4, -0.2) is 61.2 Å². The normalized spacial score (nSPS) is 23.6. The van der Waals surface area contributed by atoms with Crippen LogP contribution in [-0.2, 0) is 26.0 Å². The molecule has 1 aromatic carbocycles. The number of likely N-dealkylation sites (tertiary alicyclic amines) is 1. The number of hydrogen-bond donors (Lipinski definition) is 0. The van der Waals surface area contributed by atoms with Gasteiger partial charge in [0.1, 0.15) is 5.82 Å². The molecule has 2 saturated heterocycles. The van der Waals surface area contributed by atoms with Gasteiger partial charge < -0.3 is 9.80 Å². The zero-order chi connectivity index (χ0) is 18.0. The van der Waals surface area contributed by atoms with Crippen LogP contribution in [0.5, 0.6) is 0 Å². The first-order chi connectivity index (χ1) is 11.8. The quantitative estimate of drug-likeness (QED) is 0.792. The van der Waals surface area contributed by atoms with Crippen molar-refractivity contribution in [1.29, 1.82) is 0 Å². The van der Waals surface area contributed by atoms with Crippen molar-refractivity contribution in [2.45, 2.75) is 19.4 Å². The Morgan fingerprint density at radius 2 is 1.96 bits per heavy atom. The number of sulfone groups is 1. The van der Waals surface area contributed by atoms with Crippen LogP contribution in [0.3, 0.4) is 0 Å². The number of benzene rings is 1. The number of carbonyl (C=O) groups is 2. The number of carbonyl (C=O) groups excluding carboxylic acids is 2. The average molecular weight is 368 g/mol. The van der Waals surface area contributed by atoms with Gasteiger partial charge in [-0.15, -0.1) is 0 Å². The van der Waals surface area contributed by atoms with Crippen LogP contribution in [0.1, 0.15) is 18.4 Å². The van der Waals surface area contributed by atoms with E-state index in [1.54, 1.807) is 21.9 Å². The molecule has 0 N–H and O–H groups in total. The lowest BCUT2D eigenvalue weighted by atomic mass is 9.95. The topological polar surface area (TPSA) is 74.8 Å². The molecule has 6 nitrogen and oxygen atoms in total. The van der Waals surface area contributed by atoms with Gasteiger partial charge in [0.2, 0.25) is 11.8 Å². The number of halogens is 1. The second-order valence-electron chi connectivity index (χ2n) is 6.62. The van der Waals surface area contributed by atoms with Crippen molar-refractivity contribution >= 4 is 21.7 Å². The molecule has 2 aliphatic heterocycles. The average Bonchev–Trinajstić information content (AvgIpc) is 2.56. The van der Waals surface area contributed by atoms with Crippen LogP contribution in [0.2, 0.25) is 0 Å². The molecule has 2 amide bonds. The Morgan fingerprint density at radius 1 is 1.24 bits per heavy atom. The first-order valence-corrected chi connectivity index (χ1v) is 10.2. The van der Waals surface area contributed by atoms with Gasteiger partial charge in [0.25, 0.3) is 0 Å². The first kappa shape index (κ1) is 17.8. The van der Waals surface area contributed by atoms with E-state index in [-0.39, 0.29) is 67.7 Å². The lowest BCUT2D eigenvalue weighted by Gasteiger charge is -2.36. The highest BCUT2D eigenvalue weighted by atomic mass is 32.2. The molecule has 0 aromatic heterocycles. The second kappa shape index (κ2) is 7.11. The monoisotopic (exact) mass is 368 g/mol. The van der Waals surface area contributed by atoms with E-state index in [0.29, 0.717) is 12.0 Å². The number of hydrogen-bond acceptors (Lipinski definition) is 4. The van der Waals surface area contributed by atoms with Crippen molar-refractivity contribution in [2.24, 2.45) is 5.92 Å². The van der Waals surface area contributed by atoms with E-state index in [2.05, 4.69) is 0 Å². The van der Waals surface area contributed by atoms with Crippen molar-refractivity contribution in [1.82, 2.24) is 9.80 Å². The summed E-state index contributed by atoms with van der Waals surface area (Å²) in [7, 11) is -3.04. The molecule has 1 atom stereocenters. The van der Waals surface area contributed by atoms with Gasteiger partial charge in [0, 0.05) is 32.6 Å². The largest absolute Gasteiger partial charge is 0.340 e. The maximum absolute atomic E-state index is 13.3. The zero-order valence-corrected chi connectivity index (χ0v) is 14.7. The third kappa shape index (κ3) is 4.36. The van der Waals surface area contributed by atoms with E-state index in [0.717, 1.165) is 0 Å². The SMILES string of the molecule is O=C1CC[C@H](C(=O)N2CCS(=O)(=O)CC2)CN1Cc1cccc(F)c1. The highest BCUT2D eigenvalue weighted by Crippen LogP contribution is 2.22. The van der Waals surface area contributed by atoms with Crippen LogP contribution in [0.25, 0.3) is 0 Å². The third-order valence-electron chi connectivity index (χ3n) is 4.77. The molecule has 136 valence electrons. The Balaban J connectivity index is 1.64. The molecule has 2 aliphatic rings. The van der Waals surface area contributed by atoms with Gasteiger partial charge >= 0.3 is 0 Å². The lowest BCUT2D eigenvalue weighted by Crippen LogP contribution is -2.50. The Hall–Kier alpha value is -1.96. The molecular formula is C17H21FN2O4S. The predicted molar refractivity (Wildman–Crippen MR) is 89.8 cm³/mol. The number of amides is 2. The standard InChI is InChI=1S/C17H21FN2O4S/c18-15-3-1-2-13(10-15)11-20-12-14(4-5-16(20)21)17(22)19-6-8-25(23,24)9-7-19/h1-3,10,14H,4-9,11-12H2/t14-/m0/s1. The lowest BCUT2D eigenvalue weighted by molar-refractivity contribution is -0.143. The predicted octanol–water partition coefficient (Wildman–Crippen LogP) is 0.821. The molecule has 0 saturated carbocycles. The fraction of sp³-hybridized carbons (Fsp3) is 0.529. The molecule has 0 unspecified atom stereocenters. The van der Waals surface area contributed by atoms with Crippen LogP contribution >= 0.6 is 0 Å². The van der Waals surface area contributed by atoms with Crippen LogP contribution in [0.15, 0.2) is 24.3 Å². The van der Waals surface area contributed by atoms with E-state index < -0.39 is 9.84 Å². The summed E-state index contributed by atoms with van der Waals surface area (Å²) in [6.07, 6.45) is 0.748. The smallest absolute Gasteiger partial charge is 0.227 e. The minimum atomic E-state index is -3.04. The molecule has 0 aliphatic carbocycles. The second-order valence-corrected chi connectivity index (χ2v) is 8.92. The van der Waals surface area contributed by atoms with Gasteiger partial charge in [-0.25, -0.2) is 12.8 Å². The molecular weight excluding hydrogens is 347 g/mol. The summed E-state index contributed by atoms with van der Waals surface area (Å²) in [5.74, 6) is -0.827. The molecule has 25 heavy (non-hydrogen) atoms. The summed E-state index contributed by atoms with van der Waals surface area (Å²) < 4.78 is 36.3.